The van der Waals surface area contributed by atoms with Crippen LogP contribution in [0.25, 0.3) is 10.8 Å². The molecule has 0 saturated heterocycles. The van der Waals surface area contributed by atoms with E-state index in [4.69, 9.17) is 0 Å². The van der Waals surface area contributed by atoms with E-state index in [1.807, 2.05) is 30.0 Å². The van der Waals surface area contributed by atoms with Crippen LogP contribution in [0.5, 0.6) is 0 Å². The third kappa shape index (κ3) is 7.50. The molecule has 0 aliphatic heterocycles. The van der Waals surface area contributed by atoms with Gasteiger partial charge in [0, 0.05) is 5.25 Å². The summed E-state index contributed by atoms with van der Waals surface area (Å²) in [5.41, 5.74) is 1.16. The van der Waals surface area contributed by atoms with Crippen LogP contribution in [0.15, 0.2) is 42.5 Å². The zero-order chi connectivity index (χ0) is 20.2. The number of carboxylic acid groups (broad SMARTS) is 1. The highest BCUT2D eigenvalue weighted by molar-refractivity contribution is 7.99. The highest BCUT2D eigenvalue weighted by Crippen LogP contribution is 2.37. The molecule has 0 aliphatic rings. The van der Waals surface area contributed by atoms with Gasteiger partial charge in [-0.3, -0.25) is 4.79 Å². The van der Waals surface area contributed by atoms with E-state index in [1.54, 1.807) is 0 Å². The Kier molecular flexibility index (Phi) is 10.5. The number of aliphatic carboxylic acids is 1. The highest BCUT2D eigenvalue weighted by Gasteiger charge is 2.18. The lowest BCUT2D eigenvalue weighted by Crippen LogP contribution is -2.05. The van der Waals surface area contributed by atoms with Crippen LogP contribution in [0.2, 0.25) is 0 Å². The van der Waals surface area contributed by atoms with Crippen molar-refractivity contribution < 1.29 is 9.90 Å². The molecule has 2 aromatic carbocycles. The molecule has 2 aromatic rings. The van der Waals surface area contributed by atoms with E-state index in [0.717, 1.165) is 17.2 Å². The lowest BCUT2D eigenvalue weighted by Gasteiger charge is -2.18. The predicted molar refractivity (Wildman–Crippen MR) is 123 cm³/mol. The molecular weight excluding hydrogens is 364 g/mol. The van der Waals surface area contributed by atoms with Gasteiger partial charge in [0.25, 0.3) is 0 Å². The Hall–Kier alpha value is -1.48. The van der Waals surface area contributed by atoms with Gasteiger partial charge in [-0.1, -0.05) is 101 Å². The van der Waals surface area contributed by atoms with Crippen molar-refractivity contribution in [1.29, 1.82) is 0 Å². The van der Waals surface area contributed by atoms with Gasteiger partial charge in [-0.15, -0.1) is 0 Å². The first-order valence-electron chi connectivity index (χ1n) is 11.0. The molecule has 0 aliphatic carbocycles. The van der Waals surface area contributed by atoms with Crippen molar-refractivity contribution in [2.45, 2.75) is 76.9 Å². The first-order valence-corrected chi connectivity index (χ1v) is 12.0. The first-order chi connectivity index (χ1) is 13.7. The fraction of sp³-hybridized carbons (Fsp3) is 0.560. The minimum absolute atomic E-state index is 0.0246. The lowest BCUT2D eigenvalue weighted by molar-refractivity contribution is -0.137. The van der Waals surface area contributed by atoms with Gasteiger partial charge in [-0.25, -0.2) is 0 Å². The van der Waals surface area contributed by atoms with E-state index in [-0.39, 0.29) is 11.7 Å². The normalized spacial score (nSPS) is 13.5. The third-order valence-electron chi connectivity index (χ3n) is 5.65. The van der Waals surface area contributed by atoms with Gasteiger partial charge in [-0.05, 0) is 34.4 Å². The molecule has 2 unspecified atom stereocenters. The molecule has 3 heteroatoms. The zero-order valence-corrected chi connectivity index (χ0v) is 18.3. The molecule has 0 aromatic heterocycles. The average Bonchev–Trinajstić information content (AvgIpc) is 2.71. The number of hydrogen-bond acceptors (Lipinski definition) is 2. The number of hydrogen-bond donors (Lipinski definition) is 1. The maximum atomic E-state index is 11.4. The molecule has 0 bridgehead atoms. The standard InChI is InChI=1S/C25H36O2S/c1-3-5-12-20(4-2)13-7-6-10-18-28-24(19-25(26)27)23-17-11-15-21-14-8-9-16-22(21)23/h8-9,11,14-17,20,24H,3-7,10,12-13,18-19H2,1-2H3,(H,26,27). The summed E-state index contributed by atoms with van der Waals surface area (Å²) in [5, 5.41) is 11.8. The van der Waals surface area contributed by atoms with Crippen molar-refractivity contribution in [2.75, 3.05) is 5.75 Å². The molecule has 0 saturated carbocycles. The molecule has 0 spiro atoms. The van der Waals surface area contributed by atoms with E-state index in [9.17, 15) is 9.90 Å². The van der Waals surface area contributed by atoms with Crippen molar-refractivity contribution >= 4 is 28.5 Å². The summed E-state index contributed by atoms with van der Waals surface area (Å²) in [6.45, 7) is 4.59. The SMILES string of the molecule is CCCCC(CC)CCCCCSC(CC(=O)O)c1cccc2ccccc12. The molecule has 2 rings (SSSR count). The predicted octanol–water partition coefficient (Wildman–Crippen LogP) is 7.87. The van der Waals surface area contributed by atoms with Gasteiger partial charge in [-0.2, -0.15) is 11.8 Å². The largest absolute Gasteiger partial charge is 0.481 e. The van der Waals surface area contributed by atoms with Gasteiger partial charge in [0.05, 0.1) is 6.42 Å². The Morgan fingerprint density at radius 1 is 0.964 bits per heavy atom. The maximum Gasteiger partial charge on any atom is 0.304 e. The second-order valence-electron chi connectivity index (χ2n) is 7.79. The van der Waals surface area contributed by atoms with Crippen molar-refractivity contribution in [1.82, 2.24) is 0 Å². The molecule has 0 fully saturated rings. The summed E-state index contributed by atoms with van der Waals surface area (Å²) in [7, 11) is 0. The monoisotopic (exact) mass is 400 g/mol. The van der Waals surface area contributed by atoms with Crippen LogP contribution < -0.4 is 0 Å². The van der Waals surface area contributed by atoms with E-state index < -0.39 is 5.97 Å². The molecule has 0 amide bonds. The molecule has 28 heavy (non-hydrogen) atoms. The van der Waals surface area contributed by atoms with Crippen LogP contribution in [0.1, 0.15) is 82.4 Å². The summed E-state index contributed by atoms with van der Waals surface area (Å²) in [6.07, 6.45) is 10.6. The Balaban J connectivity index is 1.85. The lowest BCUT2D eigenvalue weighted by atomic mass is 9.93. The quantitative estimate of drug-likeness (QED) is 0.328. The maximum absolute atomic E-state index is 11.4. The van der Waals surface area contributed by atoms with Crippen molar-refractivity contribution in [3.63, 3.8) is 0 Å². The molecule has 0 radical (unpaired) electrons. The molecule has 154 valence electrons. The number of rotatable bonds is 14. The average molecular weight is 401 g/mol. The first kappa shape index (κ1) is 22.8. The van der Waals surface area contributed by atoms with Crippen LogP contribution in [-0.4, -0.2) is 16.8 Å². The summed E-state index contributed by atoms with van der Waals surface area (Å²) in [6, 6.07) is 14.5. The van der Waals surface area contributed by atoms with E-state index in [1.165, 1.54) is 62.1 Å². The molecule has 1 N–H and O–H groups in total. The zero-order valence-electron chi connectivity index (χ0n) is 17.5. The topological polar surface area (TPSA) is 37.3 Å². The van der Waals surface area contributed by atoms with Gasteiger partial charge >= 0.3 is 5.97 Å². The number of carbonyl (C=O) groups is 1. The minimum atomic E-state index is -0.716. The summed E-state index contributed by atoms with van der Waals surface area (Å²) in [5.74, 6) is 1.21. The number of carboxylic acids is 1. The Labute approximate surface area is 175 Å². The Morgan fingerprint density at radius 3 is 2.46 bits per heavy atom. The van der Waals surface area contributed by atoms with E-state index in [2.05, 4.69) is 38.1 Å². The van der Waals surface area contributed by atoms with Crippen molar-refractivity contribution in [3.05, 3.63) is 48.0 Å². The second-order valence-corrected chi connectivity index (χ2v) is 9.10. The second kappa shape index (κ2) is 12.9. The fourth-order valence-corrected chi connectivity index (χ4v) is 5.23. The van der Waals surface area contributed by atoms with Crippen LogP contribution in [0.3, 0.4) is 0 Å². The van der Waals surface area contributed by atoms with Gasteiger partial charge in [0.15, 0.2) is 0 Å². The summed E-state index contributed by atoms with van der Waals surface area (Å²) < 4.78 is 0. The Bertz CT molecular complexity index is 707. The number of fused-ring (bicyclic) bond motifs is 1. The van der Waals surface area contributed by atoms with Gasteiger partial charge in [0.2, 0.25) is 0 Å². The van der Waals surface area contributed by atoms with Crippen molar-refractivity contribution in [2.24, 2.45) is 5.92 Å². The third-order valence-corrected chi connectivity index (χ3v) is 7.00. The van der Waals surface area contributed by atoms with Gasteiger partial charge in [0.1, 0.15) is 0 Å². The fourth-order valence-electron chi connectivity index (χ4n) is 3.93. The highest BCUT2D eigenvalue weighted by atomic mass is 32.2. The molecule has 2 nitrogen and oxygen atoms in total. The Morgan fingerprint density at radius 2 is 1.71 bits per heavy atom. The van der Waals surface area contributed by atoms with Gasteiger partial charge < -0.3 is 5.11 Å². The summed E-state index contributed by atoms with van der Waals surface area (Å²) >= 11 is 1.82. The van der Waals surface area contributed by atoms with Crippen LogP contribution in [-0.2, 0) is 4.79 Å². The number of thioether (sulfide) groups is 1. The van der Waals surface area contributed by atoms with Crippen molar-refractivity contribution in [3.8, 4) is 0 Å². The number of benzene rings is 2. The molecular formula is C25H36O2S. The molecule has 0 heterocycles. The van der Waals surface area contributed by atoms with E-state index in [0.29, 0.717) is 0 Å². The molecule has 2 atom stereocenters. The van der Waals surface area contributed by atoms with Crippen LogP contribution in [0, 0.1) is 5.92 Å². The smallest absolute Gasteiger partial charge is 0.304 e. The van der Waals surface area contributed by atoms with Crippen LogP contribution >= 0.6 is 11.8 Å². The van der Waals surface area contributed by atoms with Crippen LogP contribution in [0.4, 0.5) is 0 Å². The minimum Gasteiger partial charge on any atom is -0.481 e. The number of unbranched alkanes of at least 4 members (excludes halogenated alkanes) is 3. The summed E-state index contributed by atoms with van der Waals surface area (Å²) in [4.78, 5) is 11.4. The van der Waals surface area contributed by atoms with E-state index >= 15 is 0 Å².